The van der Waals surface area contributed by atoms with Crippen LogP contribution in [-0.4, -0.2) is 20.0 Å². The predicted molar refractivity (Wildman–Crippen MR) is 106 cm³/mol. The number of fused-ring (bicyclic) bond motifs is 2. The van der Waals surface area contributed by atoms with E-state index in [9.17, 15) is 9.00 Å². The van der Waals surface area contributed by atoms with Gasteiger partial charge in [-0.2, -0.15) is 5.10 Å². The Morgan fingerprint density at radius 2 is 1.93 bits per heavy atom. The molecule has 2 aliphatic carbocycles. The van der Waals surface area contributed by atoms with Crippen molar-refractivity contribution >= 4 is 21.6 Å². The van der Waals surface area contributed by atoms with Gasteiger partial charge in [0.05, 0.1) is 11.4 Å². The molecule has 1 unspecified atom stereocenters. The molecule has 1 atom stereocenters. The summed E-state index contributed by atoms with van der Waals surface area (Å²) in [6, 6.07) is 3.42. The van der Waals surface area contributed by atoms with Gasteiger partial charge in [0.25, 0.3) is 0 Å². The lowest BCUT2D eigenvalue weighted by Crippen LogP contribution is -2.20. The van der Waals surface area contributed by atoms with E-state index >= 15 is 0 Å². The van der Waals surface area contributed by atoms with Gasteiger partial charge >= 0.3 is 6.03 Å². The average Bonchev–Trinajstić information content (AvgIpc) is 3.33. The van der Waals surface area contributed by atoms with Crippen molar-refractivity contribution in [2.45, 2.75) is 57.7 Å². The lowest BCUT2D eigenvalue weighted by atomic mass is 9.99. The van der Waals surface area contributed by atoms with E-state index in [1.165, 1.54) is 22.3 Å². The third-order valence-electron chi connectivity index (χ3n) is 5.32. The number of nitrogens with one attached hydrogen (secondary N) is 1. The lowest BCUT2D eigenvalue weighted by molar-refractivity contribution is 0.260. The van der Waals surface area contributed by atoms with Crippen LogP contribution in [0.4, 0.5) is 10.5 Å². The number of hydrogen-bond donors (Lipinski definition) is 2. The first-order chi connectivity index (χ1) is 12.9. The van der Waals surface area contributed by atoms with Crippen LogP contribution in [0.3, 0.4) is 0 Å². The monoisotopic (exact) mass is 387 g/mol. The van der Waals surface area contributed by atoms with E-state index in [0.717, 1.165) is 44.2 Å². The molecule has 2 aromatic rings. The minimum Gasteiger partial charge on any atom is -0.305 e. The molecule has 7 nitrogen and oxygen atoms in total. The molecule has 2 aliphatic rings. The number of urea groups is 1. The number of carbonyl (C=O) groups excluding carboxylic acids is 1. The Labute approximate surface area is 159 Å². The highest BCUT2D eigenvalue weighted by Crippen LogP contribution is 2.38. The fraction of sp³-hybridized carbons (Fsp3) is 0.474. The smallest absolute Gasteiger partial charge is 0.305 e. The number of hydrogen-bond acceptors (Lipinski definition) is 3. The first-order valence-electron chi connectivity index (χ1n) is 9.47. The quantitative estimate of drug-likeness (QED) is 0.843. The van der Waals surface area contributed by atoms with Gasteiger partial charge in [0.15, 0.2) is 0 Å². The van der Waals surface area contributed by atoms with Crippen molar-refractivity contribution in [3.8, 4) is 0 Å². The summed E-state index contributed by atoms with van der Waals surface area (Å²) < 4.78 is 18.1. The van der Waals surface area contributed by atoms with Gasteiger partial charge in [-0.3, -0.25) is 4.68 Å². The summed E-state index contributed by atoms with van der Waals surface area (Å²) >= 11 is 0. The van der Waals surface area contributed by atoms with E-state index in [2.05, 4.69) is 20.8 Å². The van der Waals surface area contributed by atoms with Crippen molar-refractivity contribution in [1.29, 1.82) is 0 Å². The molecule has 0 bridgehead atoms. The van der Waals surface area contributed by atoms with E-state index in [0.29, 0.717) is 12.2 Å². The molecule has 4 rings (SSSR count). The van der Waals surface area contributed by atoms with Crippen LogP contribution in [0.5, 0.6) is 0 Å². The van der Waals surface area contributed by atoms with Crippen molar-refractivity contribution in [3.63, 3.8) is 0 Å². The van der Waals surface area contributed by atoms with Crippen LogP contribution >= 0.6 is 0 Å². The lowest BCUT2D eigenvalue weighted by Gasteiger charge is -2.15. The van der Waals surface area contributed by atoms with Crippen LogP contribution in [-0.2, 0) is 47.9 Å². The Bertz CT molecular complexity index is 985. The normalized spacial score (nSPS) is 17.3. The summed E-state index contributed by atoms with van der Waals surface area (Å²) in [5.74, 6) is -0.0432. The zero-order valence-corrected chi connectivity index (χ0v) is 16.3. The highest BCUT2D eigenvalue weighted by atomic mass is 32.2. The van der Waals surface area contributed by atoms with Gasteiger partial charge < -0.3 is 5.32 Å². The summed E-state index contributed by atoms with van der Waals surface area (Å²) in [6.45, 7) is 2.68. The van der Waals surface area contributed by atoms with Crippen molar-refractivity contribution in [2.24, 2.45) is 9.50 Å². The highest BCUT2D eigenvalue weighted by Gasteiger charge is 2.25. The van der Waals surface area contributed by atoms with Gasteiger partial charge in [-0.25, -0.2) is 14.1 Å². The topological polar surface area (TPSA) is 102 Å². The van der Waals surface area contributed by atoms with Crippen LogP contribution in [0.25, 0.3) is 0 Å². The van der Waals surface area contributed by atoms with E-state index in [-0.39, 0.29) is 5.75 Å². The number of aryl methyl sites for hydroxylation is 3. The average molecular weight is 388 g/mol. The molecule has 144 valence electrons. The van der Waals surface area contributed by atoms with Gasteiger partial charge in [-0.15, -0.1) is 4.36 Å². The molecular formula is C19H25N5O2S. The molecule has 3 N–H and O–H groups in total. The molecule has 0 saturated carbocycles. The van der Waals surface area contributed by atoms with Gasteiger partial charge in [0.2, 0.25) is 0 Å². The highest BCUT2D eigenvalue weighted by molar-refractivity contribution is 7.90. The second-order valence-electron chi connectivity index (χ2n) is 7.25. The van der Waals surface area contributed by atoms with E-state index < -0.39 is 15.9 Å². The van der Waals surface area contributed by atoms with Crippen molar-refractivity contribution < 1.29 is 9.00 Å². The van der Waals surface area contributed by atoms with E-state index in [1.54, 1.807) is 16.9 Å². The Morgan fingerprint density at radius 1 is 1.26 bits per heavy atom. The second-order valence-corrected chi connectivity index (χ2v) is 9.10. The molecule has 0 radical (unpaired) electrons. The zero-order valence-electron chi connectivity index (χ0n) is 15.5. The maximum atomic E-state index is 12.6. The van der Waals surface area contributed by atoms with Crippen LogP contribution in [0.15, 0.2) is 22.7 Å². The SMILES string of the molecule is CCn1ccc(CS(N)(=O)=NC(=O)Nc2c3c(cc4c2CCC4)CCC3)n1. The van der Waals surface area contributed by atoms with Gasteiger partial charge in [-0.1, -0.05) is 6.07 Å². The molecule has 0 fully saturated rings. The molecule has 2 amide bonds. The first kappa shape index (κ1) is 18.2. The second kappa shape index (κ2) is 7.09. The van der Waals surface area contributed by atoms with Crippen LogP contribution < -0.4 is 10.5 Å². The molecule has 0 saturated heterocycles. The number of anilines is 1. The third kappa shape index (κ3) is 3.77. The largest absolute Gasteiger partial charge is 0.354 e. The van der Waals surface area contributed by atoms with Crippen LogP contribution in [0.1, 0.15) is 47.7 Å². The summed E-state index contributed by atoms with van der Waals surface area (Å²) in [4.78, 5) is 12.5. The fourth-order valence-electron chi connectivity index (χ4n) is 4.14. The summed E-state index contributed by atoms with van der Waals surface area (Å²) in [7, 11) is -3.19. The van der Waals surface area contributed by atoms with E-state index in [1.807, 2.05) is 6.92 Å². The number of nitrogens with two attached hydrogens (primary N) is 1. The van der Waals surface area contributed by atoms with Crippen molar-refractivity contribution in [3.05, 3.63) is 46.3 Å². The van der Waals surface area contributed by atoms with Gasteiger partial charge in [-0.05, 0) is 73.8 Å². The van der Waals surface area contributed by atoms with Gasteiger partial charge in [0.1, 0.15) is 9.92 Å². The number of benzene rings is 1. The summed E-state index contributed by atoms with van der Waals surface area (Å²) in [5, 5.41) is 13.0. The molecule has 8 heteroatoms. The molecule has 27 heavy (non-hydrogen) atoms. The Morgan fingerprint density at radius 3 is 2.52 bits per heavy atom. The number of aromatic nitrogens is 2. The molecule has 1 aromatic carbocycles. The predicted octanol–water partition coefficient (Wildman–Crippen LogP) is 2.95. The standard InChI is InChI=1S/C19H25N5O2S/c1-2-24-10-9-15(22-24)12-27(20,26)23-19(25)21-18-16-7-3-5-13(16)11-14-6-4-8-17(14)18/h9-11H,2-8,12H2,1H3,(H3,20,21,23,25,26). The molecule has 0 aliphatic heterocycles. The Hall–Kier alpha value is -2.19. The maximum Gasteiger partial charge on any atom is 0.354 e. The van der Waals surface area contributed by atoms with Gasteiger partial charge in [0, 0.05) is 18.4 Å². The number of amides is 2. The molecular weight excluding hydrogens is 362 g/mol. The minimum atomic E-state index is -3.19. The maximum absolute atomic E-state index is 12.6. The Kier molecular flexibility index (Phi) is 4.77. The zero-order chi connectivity index (χ0) is 19.0. The third-order valence-corrected chi connectivity index (χ3v) is 6.50. The van der Waals surface area contributed by atoms with Crippen LogP contribution in [0.2, 0.25) is 0 Å². The van der Waals surface area contributed by atoms with Crippen molar-refractivity contribution in [2.75, 3.05) is 5.32 Å². The number of rotatable bonds is 4. The molecule has 0 spiro atoms. The molecule has 1 aromatic heterocycles. The first-order valence-corrected chi connectivity index (χ1v) is 11.2. The van der Waals surface area contributed by atoms with Crippen LogP contribution in [0, 0.1) is 0 Å². The van der Waals surface area contributed by atoms with Crippen molar-refractivity contribution in [1.82, 2.24) is 9.78 Å². The number of carbonyl (C=O) groups is 1. The summed E-state index contributed by atoms with van der Waals surface area (Å²) in [6.07, 6.45) is 8.03. The van der Waals surface area contributed by atoms with E-state index in [4.69, 9.17) is 5.14 Å². The molecule has 1 heterocycles. The fourth-order valence-corrected chi connectivity index (χ4v) is 5.11. The number of nitrogens with zero attached hydrogens (tertiary/aromatic N) is 3. The summed E-state index contributed by atoms with van der Waals surface area (Å²) in [5.41, 5.74) is 6.53. The minimum absolute atomic E-state index is 0.0432. The Balaban J connectivity index is 1.57.